The molecule has 6 heteroatoms. The highest BCUT2D eigenvalue weighted by Crippen LogP contribution is 2.21. The number of aliphatic hydroxyl groups is 1. The molecule has 1 aliphatic heterocycles. The lowest BCUT2D eigenvalue weighted by molar-refractivity contribution is 0.0177. The van der Waals surface area contributed by atoms with E-state index in [1.165, 1.54) is 0 Å². The zero-order valence-corrected chi connectivity index (χ0v) is 13.1. The maximum atomic E-state index is 12.0. The van der Waals surface area contributed by atoms with Crippen LogP contribution in [0.25, 0.3) is 0 Å². The number of hydrogen-bond donors (Lipinski definition) is 1. The number of nitrogens with zero attached hydrogens (tertiary/aromatic N) is 3. The highest BCUT2D eigenvalue weighted by Gasteiger charge is 2.27. The van der Waals surface area contributed by atoms with Gasteiger partial charge in [-0.3, -0.25) is 4.68 Å². The van der Waals surface area contributed by atoms with Crippen LogP contribution in [0.5, 0.6) is 0 Å². The second-order valence-corrected chi connectivity index (χ2v) is 6.60. The van der Waals surface area contributed by atoms with Crippen LogP contribution in [0.2, 0.25) is 0 Å². The van der Waals surface area contributed by atoms with Crippen LogP contribution in [-0.2, 0) is 17.9 Å². The number of aliphatic hydroxyl groups excluding tert-OH is 1. The summed E-state index contributed by atoms with van der Waals surface area (Å²) < 4.78 is 7.26. The first-order valence-electron chi connectivity index (χ1n) is 7.48. The molecule has 0 aromatic carbocycles. The minimum atomic E-state index is -0.441. The topological polar surface area (TPSA) is 67.6 Å². The Morgan fingerprint density at radius 3 is 2.62 bits per heavy atom. The minimum Gasteiger partial charge on any atom is -0.444 e. The van der Waals surface area contributed by atoms with Crippen LogP contribution in [0.1, 0.15) is 39.3 Å². The summed E-state index contributed by atoms with van der Waals surface area (Å²) in [7, 11) is 0. The van der Waals surface area contributed by atoms with Crippen LogP contribution in [0.3, 0.4) is 0 Å². The van der Waals surface area contributed by atoms with E-state index in [1.54, 1.807) is 4.90 Å². The number of amides is 1. The van der Waals surface area contributed by atoms with Gasteiger partial charge in [0.1, 0.15) is 5.60 Å². The van der Waals surface area contributed by atoms with Crippen molar-refractivity contribution in [2.24, 2.45) is 5.92 Å². The molecule has 6 nitrogen and oxygen atoms in total. The largest absolute Gasteiger partial charge is 0.444 e. The molecule has 2 rings (SSSR count). The fraction of sp³-hybridized carbons (Fsp3) is 0.733. The summed E-state index contributed by atoms with van der Waals surface area (Å²) >= 11 is 0. The Morgan fingerprint density at radius 1 is 1.43 bits per heavy atom. The highest BCUT2D eigenvalue weighted by molar-refractivity contribution is 5.68. The average molecular weight is 295 g/mol. The average Bonchev–Trinajstić information content (AvgIpc) is 2.85. The molecule has 2 heterocycles. The maximum absolute atomic E-state index is 12.0. The van der Waals surface area contributed by atoms with Crippen LogP contribution in [-0.4, -0.2) is 44.6 Å². The number of carbonyl (C=O) groups is 1. The van der Waals surface area contributed by atoms with Crippen molar-refractivity contribution in [3.8, 4) is 0 Å². The van der Waals surface area contributed by atoms with Gasteiger partial charge in [0.25, 0.3) is 0 Å². The van der Waals surface area contributed by atoms with Gasteiger partial charge in [0.15, 0.2) is 0 Å². The quantitative estimate of drug-likeness (QED) is 0.926. The van der Waals surface area contributed by atoms with Crippen molar-refractivity contribution in [3.63, 3.8) is 0 Å². The van der Waals surface area contributed by atoms with Gasteiger partial charge in [-0.05, 0) is 45.6 Å². The van der Waals surface area contributed by atoms with E-state index in [9.17, 15) is 4.79 Å². The zero-order chi connectivity index (χ0) is 15.5. The van der Waals surface area contributed by atoms with Gasteiger partial charge in [0.05, 0.1) is 12.3 Å². The molecule has 1 aliphatic rings. The number of carbonyl (C=O) groups excluding carboxylic acids is 1. The summed E-state index contributed by atoms with van der Waals surface area (Å²) in [6.45, 7) is 7.92. The Kier molecular flexibility index (Phi) is 4.88. The van der Waals surface area contributed by atoms with E-state index in [2.05, 4.69) is 5.10 Å². The smallest absolute Gasteiger partial charge is 0.410 e. The first-order valence-corrected chi connectivity index (χ1v) is 7.48. The number of hydrogen-bond acceptors (Lipinski definition) is 4. The third-order valence-corrected chi connectivity index (χ3v) is 3.57. The van der Waals surface area contributed by atoms with Crippen LogP contribution < -0.4 is 0 Å². The van der Waals surface area contributed by atoms with E-state index in [0.717, 1.165) is 32.5 Å². The number of likely N-dealkylation sites (tertiary alicyclic amines) is 1. The molecule has 0 radical (unpaired) electrons. The van der Waals surface area contributed by atoms with Crippen molar-refractivity contribution in [1.82, 2.24) is 14.7 Å². The van der Waals surface area contributed by atoms with Crippen LogP contribution in [0.15, 0.2) is 12.3 Å². The van der Waals surface area contributed by atoms with Gasteiger partial charge >= 0.3 is 6.09 Å². The van der Waals surface area contributed by atoms with Gasteiger partial charge < -0.3 is 14.7 Å². The molecule has 1 fully saturated rings. The SMILES string of the molecule is CC(C)(C)OC(=O)N1CCC(Cn2ccc(CO)n2)CC1. The molecule has 1 aromatic rings. The van der Waals surface area contributed by atoms with Gasteiger partial charge in [-0.25, -0.2) is 4.79 Å². The summed E-state index contributed by atoms with van der Waals surface area (Å²) in [6, 6.07) is 1.83. The van der Waals surface area contributed by atoms with Gasteiger partial charge in [-0.15, -0.1) is 0 Å². The fourth-order valence-electron chi connectivity index (χ4n) is 2.48. The summed E-state index contributed by atoms with van der Waals surface area (Å²) in [6.07, 6.45) is 3.58. The predicted octanol–water partition coefficient (Wildman–Crippen LogP) is 2.02. The maximum Gasteiger partial charge on any atom is 0.410 e. The second kappa shape index (κ2) is 6.47. The van der Waals surface area contributed by atoms with Crippen LogP contribution in [0, 0.1) is 5.92 Å². The highest BCUT2D eigenvalue weighted by atomic mass is 16.6. The molecule has 1 saturated heterocycles. The van der Waals surface area contributed by atoms with Gasteiger partial charge in [-0.1, -0.05) is 0 Å². The molecule has 0 atom stereocenters. The van der Waals surface area contributed by atoms with Crippen molar-refractivity contribution >= 4 is 6.09 Å². The van der Waals surface area contributed by atoms with Gasteiger partial charge in [-0.2, -0.15) is 5.10 Å². The van der Waals surface area contributed by atoms with Gasteiger partial charge in [0, 0.05) is 25.8 Å². The lowest BCUT2D eigenvalue weighted by Gasteiger charge is -2.33. The molecule has 118 valence electrons. The minimum absolute atomic E-state index is 0.0237. The molecule has 1 aromatic heterocycles. The molecule has 0 bridgehead atoms. The summed E-state index contributed by atoms with van der Waals surface area (Å²) in [4.78, 5) is 13.8. The summed E-state index contributed by atoms with van der Waals surface area (Å²) in [5.41, 5.74) is 0.255. The second-order valence-electron chi connectivity index (χ2n) is 6.60. The Morgan fingerprint density at radius 2 is 2.10 bits per heavy atom. The van der Waals surface area contributed by atoms with E-state index in [-0.39, 0.29) is 12.7 Å². The standard InChI is InChI=1S/C15H25N3O3/c1-15(2,3)21-14(20)17-7-4-12(5-8-17)10-18-9-6-13(11-19)16-18/h6,9,12,19H,4-5,7-8,10-11H2,1-3H3. The number of ether oxygens (including phenoxy) is 1. The Labute approximate surface area is 125 Å². The molecular formula is C15H25N3O3. The number of aromatic nitrogens is 2. The molecule has 0 unspecified atom stereocenters. The lowest BCUT2D eigenvalue weighted by atomic mass is 9.97. The molecule has 1 amide bonds. The van der Waals surface area contributed by atoms with E-state index in [4.69, 9.17) is 9.84 Å². The fourth-order valence-corrected chi connectivity index (χ4v) is 2.48. The van der Waals surface area contributed by atoms with Crippen molar-refractivity contribution < 1.29 is 14.6 Å². The molecule has 1 N–H and O–H groups in total. The van der Waals surface area contributed by atoms with E-state index in [1.807, 2.05) is 37.7 Å². The first kappa shape index (κ1) is 15.8. The third-order valence-electron chi connectivity index (χ3n) is 3.57. The van der Waals surface area contributed by atoms with Crippen LogP contribution in [0.4, 0.5) is 4.79 Å². The van der Waals surface area contributed by atoms with E-state index < -0.39 is 5.60 Å². The molecule has 21 heavy (non-hydrogen) atoms. The zero-order valence-electron chi connectivity index (χ0n) is 13.1. The van der Waals surface area contributed by atoms with Crippen molar-refractivity contribution in [2.45, 2.75) is 52.4 Å². The van der Waals surface area contributed by atoms with Gasteiger partial charge in [0.2, 0.25) is 0 Å². The monoisotopic (exact) mass is 295 g/mol. The Bertz CT molecular complexity index is 471. The van der Waals surface area contributed by atoms with Crippen molar-refractivity contribution in [1.29, 1.82) is 0 Å². The third kappa shape index (κ3) is 4.74. The predicted molar refractivity (Wildman–Crippen MR) is 78.7 cm³/mol. The molecular weight excluding hydrogens is 270 g/mol. The molecule has 0 spiro atoms. The van der Waals surface area contributed by atoms with E-state index >= 15 is 0 Å². The van der Waals surface area contributed by atoms with E-state index in [0.29, 0.717) is 11.6 Å². The number of piperidine rings is 1. The summed E-state index contributed by atoms with van der Waals surface area (Å²) in [5, 5.41) is 13.3. The molecule has 0 aliphatic carbocycles. The normalized spacial score (nSPS) is 17.0. The molecule has 0 saturated carbocycles. The Balaban J connectivity index is 1.79. The van der Waals surface area contributed by atoms with Crippen molar-refractivity contribution in [3.05, 3.63) is 18.0 Å². The number of rotatable bonds is 3. The first-order chi connectivity index (χ1) is 9.87. The summed E-state index contributed by atoms with van der Waals surface area (Å²) in [5.74, 6) is 0.509. The lowest BCUT2D eigenvalue weighted by Crippen LogP contribution is -2.42. The van der Waals surface area contributed by atoms with Crippen molar-refractivity contribution in [2.75, 3.05) is 13.1 Å². The van der Waals surface area contributed by atoms with Crippen LogP contribution >= 0.6 is 0 Å². The Hall–Kier alpha value is -1.56.